The maximum atomic E-state index is 5.77. The minimum Gasteiger partial charge on any atom is -0.379 e. The van der Waals surface area contributed by atoms with E-state index in [1.807, 2.05) is 13.8 Å². The third kappa shape index (κ3) is 6.13. The van der Waals surface area contributed by atoms with Gasteiger partial charge in [-0.3, -0.25) is 0 Å². The molecule has 0 aliphatic rings. The monoisotopic (exact) mass is 218 g/mol. The number of ether oxygens (including phenoxy) is 3. The van der Waals surface area contributed by atoms with Gasteiger partial charge < -0.3 is 14.2 Å². The Morgan fingerprint density at radius 1 is 0.800 bits per heavy atom. The second-order valence-electron chi connectivity index (χ2n) is 3.57. The fourth-order valence-corrected chi connectivity index (χ4v) is 1.53. The molecule has 15 heavy (non-hydrogen) atoms. The number of hydrogen-bond donors (Lipinski definition) is 0. The average molecular weight is 218 g/mol. The smallest absolute Gasteiger partial charge is 0.0909 e. The fourth-order valence-electron chi connectivity index (χ4n) is 1.53. The Morgan fingerprint density at radius 3 is 1.87 bits per heavy atom. The summed E-state index contributed by atoms with van der Waals surface area (Å²) in [6.07, 6.45) is 1.98. The van der Waals surface area contributed by atoms with Crippen molar-refractivity contribution in [1.82, 2.24) is 0 Å². The molecule has 0 radical (unpaired) electrons. The molecule has 0 aromatic carbocycles. The highest BCUT2D eigenvalue weighted by atomic mass is 16.6. The van der Waals surface area contributed by atoms with E-state index in [0.29, 0.717) is 19.8 Å². The number of hydrogen-bond acceptors (Lipinski definition) is 3. The van der Waals surface area contributed by atoms with Crippen LogP contribution in [0.3, 0.4) is 0 Å². The van der Waals surface area contributed by atoms with Crippen molar-refractivity contribution < 1.29 is 14.2 Å². The van der Waals surface area contributed by atoms with Crippen LogP contribution >= 0.6 is 0 Å². The van der Waals surface area contributed by atoms with Gasteiger partial charge in [0.1, 0.15) is 0 Å². The maximum absolute atomic E-state index is 5.77. The van der Waals surface area contributed by atoms with Crippen LogP contribution in [-0.2, 0) is 14.2 Å². The summed E-state index contributed by atoms with van der Waals surface area (Å²) in [5, 5.41) is 0. The lowest BCUT2D eigenvalue weighted by Gasteiger charge is -2.31. The Balaban J connectivity index is 3.74. The molecule has 0 aliphatic carbocycles. The third-order valence-corrected chi connectivity index (χ3v) is 2.68. The minimum absolute atomic E-state index is 0.0963. The zero-order chi connectivity index (χ0) is 11.6. The summed E-state index contributed by atoms with van der Waals surface area (Å²) in [6.45, 7) is 11.8. The van der Waals surface area contributed by atoms with Gasteiger partial charge in [0.15, 0.2) is 0 Å². The van der Waals surface area contributed by atoms with Crippen LogP contribution in [0.1, 0.15) is 40.5 Å². The summed E-state index contributed by atoms with van der Waals surface area (Å²) in [4.78, 5) is 0. The van der Waals surface area contributed by atoms with Crippen molar-refractivity contribution >= 4 is 0 Å². The molecule has 0 bridgehead atoms. The lowest BCUT2D eigenvalue weighted by atomic mass is 9.98. The molecule has 0 unspecified atom stereocenters. The summed E-state index contributed by atoms with van der Waals surface area (Å²) in [7, 11) is 0. The Labute approximate surface area is 94.1 Å². The second-order valence-corrected chi connectivity index (χ2v) is 3.57. The maximum Gasteiger partial charge on any atom is 0.0909 e. The Morgan fingerprint density at radius 2 is 1.40 bits per heavy atom. The molecule has 3 nitrogen and oxygen atoms in total. The highest BCUT2D eigenvalue weighted by molar-refractivity contribution is 4.77. The molecule has 0 aromatic heterocycles. The van der Waals surface area contributed by atoms with Gasteiger partial charge in [-0.05, 0) is 26.7 Å². The minimum atomic E-state index is -0.0963. The van der Waals surface area contributed by atoms with E-state index in [4.69, 9.17) is 14.2 Å². The quantitative estimate of drug-likeness (QED) is 0.528. The van der Waals surface area contributed by atoms with Crippen LogP contribution < -0.4 is 0 Å². The normalized spacial score (nSPS) is 12.0. The van der Waals surface area contributed by atoms with Crippen LogP contribution in [0, 0.1) is 0 Å². The molecule has 0 heterocycles. The van der Waals surface area contributed by atoms with Gasteiger partial charge in [-0.2, -0.15) is 0 Å². The molecular weight excluding hydrogens is 192 g/mol. The van der Waals surface area contributed by atoms with Crippen LogP contribution in [0.15, 0.2) is 0 Å². The van der Waals surface area contributed by atoms with Gasteiger partial charge in [0, 0.05) is 13.2 Å². The van der Waals surface area contributed by atoms with Crippen LogP contribution in [0.5, 0.6) is 0 Å². The Hall–Kier alpha value is -0.120. The van der Waals surface area contributed by atoms with Crippen molar-refractivity contribution in [2.45, 2.75) is 46.1 Å². The van der Waals surface area contributed by atoms with Crippen molar-refractivity contribution in [2.24, 2.45) is 0 Å². The fraction of sp³-hybridized carbons (Fsp3) is 1.00. The lowest BCUT2D eigenvalue weighted by molar-refractivity contribution is -0.104. The van der Waals surface area contributed by atoms with E-state index >= 15 is 0 Å². The SMILES string of the molecule is CCOCCOCC(CC)(CC)OCC. The van der Waals surface area contributed by atoms with E-state index < -0.39 is 0 Å². The van der Waals surface area contributed by atoms with Gasteiger partial charge >= 0.3 is 0 Å². The Bertz CT molecular complexity index is 133. The lowest BCUT2D eigenvalue weighted by Crippen LogP contribution is -2.37. The zero-order valence-electron chi connectivity index (χ0n) is 10.7. The highest BCUT2D eigenvalue weighted by Crippen LogP contribution is 2.20. The molecule has 0 rings (SSSR count). The molecule has 0 aliphatic heterocycles. The topological polar surface area (TPSA) is 27.7 Å². The molecule has 0 saturated heterocycles. The van der Waals surface area contributed by atoms with E-state index in [-0.39, 0.29) is 5.60 Å². The van der Waals surface area contributed by atoms with E-state index in [0.717, 1.165) is 26.1 Å². The van der Waals surface area contributed by atoms with Crippen LogP contribution in [-0.4, -0.2) is 38.6 Å². The van der Waals surface area contributed by atoms with Crippen molar-refractivity contribution in [1.29, 1.82) is 0 Å². The molecule has 0 fully saturated rings. The third-order valence-electron chi connectivity index (χ3n) is 2.68. The van der Waals surface area contributed by atoms with Crippen molar-refractivity contribution in [3.05, 3.63) is 0 Å². The van der Waals surface area contributed by atoms with Gasteiger partial charge in [0.25, 0.3) is 0 Å². The average Bonchev–Trinajstić information content (AvgIpc) is 2.27. The molecule has 0 amide bonds. The summed E-state index contributed by atoms with van der Waals surface area (Å²) >= 11 is 0. The summed E-state index contributed by atoms with van der Waals surface area (Å²) in [5.41, 5.74) is -0.0963. The van der Waals surface area contributed by atoms with Gasteiger partial charge in [0.05, 0.1) is 25.4 Å². The molecular formula is C12H26O3. The first-order chi connectivity index (χ1) is 7.24. The molecule has 0 aromatic rings. The first-order valence-corrected chi connectivity index (χ1v) is 6.04. The van der Waals surface area contributed by atoms with Gasteiger partial charge in [-0.25, -0.2) is 0 Å². The van der Waals surface area contributed by atoms with E-state index in [9.17, 15) is 0 Å². The Kier molecular flexibility index (Phi) is 9.06. The standard InChI is InChI=1S/C12H26O3/c1-5-12(6-2,15-8-4)11-14-10-9-13-7-3/h5-11H2,1-4H3. The summed E-state index contributed by atoms with van der Waals surface area (Å²) < 4.78 is 16.6. The molecule has 0 N–H and O–H groups in total. The van der Waals surface area contributed by atoms with Crippen LogP contribution in [0.4, 0.5) is 0 Å². The number of rotatable bonds is 10. The molecule has 0 atom stereocenters. The molecule has 3 heteroatoms. The zero-order valence-corrected chi connectivity index (χ0v) is 10.7. The summed E-state index contributed by atoms with van der Waals surface area (Å²) in [5.74, 6) is 0. The first kappa shape index (κ1) is 14.9. The van der Waals surface area contributed by atoms with Crippen LogP contribution in [0.25, 0.3) is 0 Å². The highest BCUT2D eigenvalue weighted by Gasteiger charge is 2.26. The molecule has 0 saturated carbocycles. The predicted octanol–water partition coefficient (Wildman–Crippen LogP) is 2.63. The molecule has 92 valence electrons. The largest absolute Gasteiger partial charge is 0.379 e. The second kappa shape index (κ2) is 9.13. The van der Waals surface area contributed by atoms with Gasteiger partial charge in [-0.15, -0.1) is 0 Å². The van der Waals surface area contributed by atoms with Crippen molar-refractivity contribution in [2.75, 3.05) is 33.0 Å². The van der Waals surface area contributed by atoms with Crippen molar-refractivity contribution in [3.63, 3.8) is 0 Å². The van der Waals surface area contributed by atoms with Crippen LogP contribution in [0.2, 0.25) is 0 Å². The van der Waals surface area contributed by atoms with E-state index in [1.54, 1.807) is 0 Å². The molecule has 0 spiro atoms. The summed E-state index contributed by atoms with van der Waals surface area (Å²) in [6, 6.07) is 0. The van der Waals surface area contributed by atoms with E-state index in [2.05, 4.69) is 13.8 Å². The first-order valence-electron chi connectivity index (χ1n) is 6.04. The van der Waals surface area contributed by atoms with E-state index in [1.165, 1.54) is 0 Å². The predicted molar refractivity (Wildman–Crippen MR) is 62.3 cm³/mol. The van der Waals surface area contributed by atoms with Gasteiger partial charge in [-0.1, -0.05) is 13.8 Å². The van der Waals surface area contributed by atoms with Crippen molar-refractivity contribution in [3.8, 4) is 0 Å². The van der Waals surface area contributed by atoms with Gasteiger partial charge in [0.2, 0.25) is 0 Å².